The van der Waals surface area contributed by atoms with Gasteiger partial charge in [0.1, 0.15) is 51.7 Å². The van der Waals surface area contributed by atoms with E-state index < -0.39 is 0 Å². The Hall–Kier alpha value is -7.28. The summed E-state index contributed by atoms with van der Waals surface area (Å²) < 4.78 is 0. The number of rotatable bonds is 0. The zero-order chi connectivity index (χ0) is 36.8. The molecule has 0 aromatic heterocycles. The third kappa shape index (κ3) is 19.7. The van der Waals surface area contributed by atoms with Gasteiger partial charge < -0.3 is 56.2 Å². The van der Waals surface area contributed by atoms with Crippen molar-refractivity contribution in [1.82, 2.24) is 0 Å². The van der Waals surface area contributed by atoms with Crippen molar-refractivity contribution < 1.29 is 65.8 Å². The molecule has 256 valence electrons. The summed E-state index contributed by atoms with van der Waals surface area (Å²) >= 11 is 0. The highest BCUT2D eigenvalue weighted by Crippen LogP contribution is 2.24. The molecule has 0 radical (unpaired) electrons. The first-order valence-corrected chi connectivity index (χ1v) is 13.7. The van der Waals surface area contributed by atoms with Gasteiger partial charge in [0.05, 0.1) is 0 Å². The largest absolute Gasteiger partial charge is 0.508 e. The molecule has 0 saturated carbocycles. The smallest absolute Gasteiger partial charge is 0.178 e. The number of aromatic hydroxyl groups is 11. The molecule has 49 heavy (non-hydrogen) atoms. The van der Waals surface area contributed by atoms with Gasteiger partial charge in [0.2, 0.25) is 0 Å². The molecule has 5 aromatic carbocycles. The second kappa shape index (κ2) is 21.5. The second-order valence-electron chi connectivity index (χ2n) is 9.22. The molecule has 11 N–H and O–H groups in total. The third-order valence-electron chi connectivity index (χ3n) is 5.12. The summed E-state index contributed by atoms with van der Waals surface area (Å²) in [6.07, 6.45) is 5.01. The number of allylic oxidation sites excluding steroid dienone is 4. The van der Waals surface area contributed by atoms with Crippen molar-refractivity contribution in [3.05, 3.63) is 140 Å². The van der Waals surface area contributed by atoms with Gasteiger partial charge in [0.25, 0.3) is 0 Å². The van der Waals surface area contributed by atoms with Crippen molar-refractivity contribution in [3.63, 3.8) is 0 Å². The summed E-state index contributed by atoms with van der Waals surface area (Å²) in [6.45, 7) is 0. The number of carbonyl (C=O) groups excluding carboxylic acids is 2. The van der Waals surface area contributed by atoms with Gasteiger partial charge in [-0.15, -0.1) is 0 Å². The Morgan fingerprint density at radius 3 is 0.714 bits per heavy atom. The lowest BCUT2D eigenvalue weighted by atomic mass is 10.2. The normalized spacial score (nSPS) is 10.4. The van der Waals surface area contributed by atoms with Crippen LogP contribution in [0, 0.1) is 0 Å². The van der Waals surface area contributed by atoms with E-state index in [9.17, 15) is 9.59 Å². The van der Waals surface area contributed by atoms with Crippen molar-refractivity contribution in [2.24, 2.45) is 0 Å². The number of hydrogen-bond acceptors (Lipinski definition) is 13. The van der Waals surface area contributed by atoms with Crippen molar-refractivity contribution in [2.45, 2.75) is 0 Å². The van der Waals surface area contributed by atoms with Crippen LogP contribution < -0.4 is 0 Å². The quantitative estimate of drug-likeness (QED) is 0.0556. The third-order valence-corrected chi connectivity index (χ3v) is 5.12. The highest BCUT2D eigenvalue weighted by molar-refractivity contribution is 6.14. The van der Waals surface area contributed by atoms with Gasteiger partial charge in [-0.1, -0.05) is 18.2 Å². The summed E-state index contributed by atoms with van der Waals surface area (Å²) in [5.74, 6) is 0.0212. The van der Waals surface area contributed by atoms with Gasteiger partial charge in [0.15, 0.2) is 23.1 Å². The molecule has 13 nitrogen and oxygen atoms in total. The van der Waals surface area contributed by atoms with E-state index in [-0.39, 0.29) is 74.8 Å². The number of phenolic OH excluding ortho intramolecular Hbond substituents is 11. The molecule has 1 aliphatic rings. The van der Waals surface area contributed by atoms with Gasteiger partial charge in [0, 0.05) is 24.3 Å². The maximum absolute atomic E-state index is 10.3. The molecule has 0 aliphatic heterocycles. The molecule has 0 spiro atoms. The van der Waals surface area contributed by atoms with Crippen LogP contribution in [0.3, 0.4) is 0 Å². The maximum Gasteiger partial charge on any atom is 0.178 e. The topological polar surface area (TPSA) is 257 Å². The van der Waals surface area contributed by atoms with Crippen LogP contribution in [-0.2, 0) is 9.59 Å². The Bertz CT molecular complexity index is 1590. The molecule has 0 heterocycles. The Balaban J connectivity index is 0.000000294. The monoisotopic (exact) mass is 674 g/mol. The number of hydrogen-bond donors (Lipinski definition) is 11. The van der Waals surface area contributed by atoms with E-state index in [2.05, 4.69) is 0 Å². The van der Waals surface area contributed by atoms with Crippen LogP contribution >= 0.6 is 0 Å². The molecule has 0 atom stereocenters. The zero-order valence-electron chi connectivity index (χ0n) is 25.5. The molecule has 0 fully saturated rings. The van der Waals surface area contributed by atoms with Crippen molar-refractivity contribution in [3.8, 4) is 63.2 Å². The fourth-order valence-electron chi connectivity index (χ4n) is 2.88. The molecule has 0 saturated heterocycles. The number of phenols is 11. The number of carbonyl (C=O) groups is 2. The lowest BCUT2D eigenvalue weighted by molar-refractivity contribution is -0.113. The lowest BCUT2D eigenvalue weighted by Gasteiger charge is -1.94. The van der Waals surface area contributed by atoms with E-state index in [0.717, 1.165) is 18.2 Å². The van der Waals surface area contributed by atoms with Crippen LogP contribution in [0.15, 0.2) is 140 Å². The highest BCUT2D eigenvalue weighted by atomic mass is 16.3. The van der Waals surface area contributed by atoms with Crippen molar-refractivity contribution >= 4 is 11.6 Å². The summed E-state index contributed by atoms with van der Waals surface area (Å²) in [5, 5.41) is 95.2. The highest BCUT2D eigenvalue weighted by Gasteiger charge is 1.98. The zero-order valence-corrected chi connectivity index (χ0v) is 25.5. The maximum atomic E-state index is 10.3. The molecule has 6 rings (SSSR count). The van der Waals surface area contributed by atoms with E-state index in [1.54, 1.807) is 18.2 Å². The molecular weight excluding hydrogens is 640 g/mol. The van der Waals surface area contributed by atoms with Crippen molar-refractivity contribution in [1.29, 1.82) is 0 Å². The minimum absolute atomic E-state index is 0.0764. The summed E-state index contributed by atoms with van der Waals surface area (Å²) in [5.41, 5.74) is 0. The average molecular weight is 675 g/mol. The van der Waals surface area contributed by atoms with Crippen LogP contribution in [0.1, 0.15) is 0 Å². The fourth-order valence-corrected chi connectivity index (χ4v) is 2.88. The van der Waals surface area contributed by atoms with Crippen LogP contribution in [0.2, 0.25) is 0 Å². The molecule has 5 aromatic rings. The van der Waals surface area contributed by atoms with Crippen LogP contribution in [0.25, 0.3) is 0 Å². The fraction of sp³-hybridized carbons (Fsp3) is 0. The molecule has 0 amide bonds. The van der Waals surface area contributed by atoms with E-state index in [4.69, 9.17) is 56.2 Å². The first-order chi connectivity index (χ1) is 23.1. The minimum atomic E-state index is -0.146. The molecule has 0 bridgehead atoms. The van der Waals surface area contributed by atoms with Crippen LogP contribution in [0.5, 0.6) is 63.2 Å². The SMILES string of the molecule is O=C1C=CC(=O)C=C1.Oc1cc(O)cc(O)c1.Oc1ccc(O)cc1.Oc1ccc(O)cc1.Oc1cccc(O)c1.Oc1ccccc1O. The van der Waals surface area contributed by atoms with E-state index in [1.165, 1.54) is 103 Å². The molecule has 0 unspecified atom stereocenters. The molecule has 13 heteroatoms. The van der Waals surface area contributed by atoms with E-state index in [0.29, 0.717) is 0 Å². The number of benzene rings is 5. The van der Waals surface area contributed by atoms with Gasteiger partial charge in [-0.25, -0.2) is 0 Å². The van der Waals surface area contributed by atoms with Gasteiger partial charge >= 0.3 is 0 Å². The van der Waals surface area contributed by atoms with Crippen LogP contribution in [-0.4, -0.2) is 67.7 Å². The van der Waals surface area contributed by atoms with Gasteiger partial charge in [-0.05, 0) is 97.1 Å². The van der Waals surface area contributed by atoms with Crippen molar-refractivity contribution in [2.75, 3.05) is 0 Å². The summed E-state index contributed by atoms with van der Waals surface area (Å²) in [6, 6.07) is 26.8. The average Bonchev–Trinajstić information content (AvgIpc) is 3.04. The first kappa shape index (κ1) is 39.7. The Kier molecular flexibility index (Phi) is 17.4. The lowest BCUT2D eigenvalue weighted by Crippen LogP contribution is -1.97. The molecule has 1 aliphatic carbocycles. The Labute approximate surface area is 280 Å². The van der Waals surface area contributed by atoms with Gasteiger partial charge in [-0.2, -0.15) is 0 Å². The van der Waals surface area contributed by atoms with Crippen LogP contribution in [0.4, 0.5) is 0 Å². The van der Waals surface area contributed by atoms with E-state index in [1.807, 2.05) is 0 Å². The summed E-state index contributed by atoms with van der Waals surface area (Å²) in [4.78, 5) is 20.6. The number of ketones is 2. The van der Waals surface area contributed by atoms with Gasteiger partial charge in [-0.3, -0.25) is 9.59 Å². The second-order valence-corrected chi connectivity index (χ2v) is 9.22. The predicted octanol–water partition coefficient (Wildman–Crippen LogP) is 5.45. The molecular formula is C36H34O13. The minimum Gasteiger partial charge on any atom is -0.508 e. The van der Waals surface area contributed by atoms with E-state index >= 15 is 0 Å². The Morgan fingerprint density at radius 1 is 0.265 bits per heavy atom. The standard InChI is InChI=1S/C6H6O3.2C6H6O2.C6H4O2.2C6H6O2/c7-4-1-5(8)3-6(9)2-4;3*7-5-1-2-6(8)4-3-5;7-5-2-1-3-6(8)4-5;7-5-3-1-2-4-6(5)8/h1-3,7-9H;2*1-4,7-8H;1-4H;2*1-4,7-8H. The Morgan fingerprint density at radius 2 is 0.510 bits per heavy atom. The first-order valence-electron chi connectivity index (χ1n) is 13.7. The number of para-hydroxylation sites is 2. The predicted molar refractivity (Wildman–Crippen MR) is 179 cm³/mol. The summed E-state index contributed by atoms with van der Waals surface area (Å²) in [7, 11) is 0.